The molecular formula is C16H15N5O2. The van der Waals surface area contributed by atoms with E-state index in [1.807, 2.05) is 18.2 Å². The van der Waals surface area contributed by atoms with Crippen LogP contribution in [-0.4, -0.2) is 33.2 Å². The first-order valence-electron chi connectivity index (χ1n) is 6.96. The van der Waals surface area contributed by atoms with Crippen LogP contribution in [0.1, 0.15) is 10.4 Å². The average molecular weight is 309 g/mol. The monoisotopic (exact) mass is 309 g/mol. The van der Waals surface area contributed by atoms with Crippen molar-refractivity contribution in [3.05, 3.63) is 54.1 Å². The lowest BCUT2D eigenvalue weighted by atomic mass is 10.1. The number of hydrogen-bond donors (Lipinski definition) is 1. The van der Waals surface area contributed by atoms with Crippen molar-refractivity contribution in [3.8, 4) is 17.1 Å². The van der Waals surface area contributed by atoms with Crippen molar-refractivity contribution in [2.75, 3.05) is 12.4 Å². The predicted octanol–water partition coefficient (Wildman–Crippen LogP) is 2.14. The maximum Gasteiger partial charge on any atom is 0.259 e. The van der Waals surface area contributed by atoms with Crippen molar-refractivity contribution in [2.45, 2.75) is 0 Å². The number of aromatic nitrogens is 4. The first-order valence-corrected chi connectivity index (χ1v) is 6.96. The van der Waals surface area contributed by atoms with Crippen LogP contribution in [0.3, 0.4) is 0 Å². The van der Waals surface area contributed by atoms with Crippen molar-refractivity contribution >= 4 is 11.6 Å². The van der Waals surface area contributed by atoms with Gasteiger partial charge in [0.05, 0.1) is 12.7 Å². The summed E-state index contributed by atoms with van der Waals surface area (Å²) in [5.41, 5.74) is 2.03. The van der Waals surface area contributed by atoms with Crippen LogP contribution >= 0.6 is 0 Å². The van der Waals surface area contributed by atoms with E-state index in [1.165, 1.54) is 7.11 Å². The Bertz CT molecular complexity index is 826. The number of rotatable bonds is 4. The smallest absolute Gasteiger partial charge is 0.259 e. The van der Waals surface area contributed by atoms with E-state index in [1.54, 1.807) is 42.1 Å². The molecule has 0 atom stereocenters. The summed E-state index contributed by atoms with van der Waals surface area (Å²) in [6, 6.07) is 14.4. The number of nitrogens with zero attached hydrogens (tertiary/aromatic N) is 4. The van der Waals surface area contributed by atoms with Gasteiger partial charge in [-0.05, 0) is 46.8 Å². The zero-order valence-corrected chi connectivity index (χ0v) is 12.7. The Morgan fingerprint density at radius 2 is 1.87 bits per heavy atom. The molecule has 1 aromatic heterocycles. The van der Waals surface area contributed by atoms with E-state index in [0.717, 1.165) is 5.56 Å². The first kappa shape index (κ1) is 14.7. The number of ether oxygens (including phenoxy) is 1. The average Bonchev–Trinajstić information content (AvgIpc) is 3.01. The fourth-order valence-corrected chi connectivity index (χ4v) is 2.21. The standard InChI is InChI=1S/C16H15N5O2/c1-21-15(18-19-20-21)11-7-9-12(10-8-11)17-16(22)13-5-3-4-6-14(13)23-2/h3-10H,1-2H3,(H,17,22). The Hall–Kier alpha value is -3.22. The van der Waals surface area contributed by atoms with Gasteiger partial charge in [-0.3, -0.25) is 4.79 Å². The van der Waals surface area contributed by atoms with Crippen LogP contribution in [0.25, 0.3) is 11.4 Å². The van der Waals surface area contributed by atoms with Gasteiger partial charge in [0.15, 0.2) is 5.82 Å². The molecule has 7 heteroatoms. The molecule has 0 fully saturated rings. The summed E-state index contributed by atoms with van der Waals surface area (Å²) in [7, 11) is 3.31. The van der Waals surface area contributed by atoms with E-state index in [9.17, 15) is 4.79 Å². The van der Waals surface area contributed by atoms with Gasteiger partial charge in [0.25, 0.3) is 5.91 Å². The molecule has 0 unspecified atom stereocenters. The summed E-state index contributed by atoms with van der Waals surface area (Å²) in [5.74, 6) is 0.968. The third-order valence-corrected chi connectivity index (χ3v) is 3.37. The minimum atomic E-state index is -0.226. The fraction of sp³-hybridized carbons (Fsp3) is 0.125. The van der Waals surface area contributed by atoms with Gasteiger partial charge in [-0.2, -0.15) is 0 Å². The van der Waals surface area contributed by atoms with Crippen LogP contribution in [0.2, 0.25) is 0 Å². The molecular weight excluding hydrogens is 294 g/mol. The number of methoxy groups -OCH3 is 1. The molecule has 0 bridgehead atoms. The highest BCUT2D eigenvalue weighted by Gasteiger charge is 2.12. The summed E-state index contributed by atoms with van der Waals surface area (Å²) in [4.78, 5) is 12.3. The quantitative estimate of drug-likeness (QED) is 0.798. The van der Waals surface area contributed by atoms with Crippen LogP contribution < -0.4 is 10.1 Å². The number of amides is 1. The topological polar surface area (TPSA) is 81.9 Å². The van der Waals surface area contributed by atoms with Crippen LogP contribution in [-0.2, 0) is 7.05 Å². The minimum Gasteiger partial charge on any atom is -0.496 e. The first-order chi connectivity index (χ1) is 11.2. The van der Waals surface area contributed by atoms with Crippen molar-refractivity contribution in [2.24, 2.45) is 7.05 Å². The molecule has 2 aromatic carbocycles. The van der Waals surface area contributed by atoms with E-state index in [-0.39, 0.29) is 5.91 Å². The molecule has 1 heterocycles. The molecule has 0 aliphatic carbocycles. The number of tetrazole rings is 1. The van der Waals surface area contributed by atoms with Crippen LogP contribution in [0.5, 0.6) is 5.75 Å². The second kappa shape index (κ2) is 6.27. The maximum atomic E-state index is 12.3. The van der Waals surface area contributed by atoms with Crippen LogP contribution in [0, 0.1) is 0 Å². The van der Waals surface area contributed by atoms with Gasteiger partial charge in [-0.15, -0.1) is 5.10 Å². The second-order valence-electron chi connectivity index (χ2n) is 4.86. The maximum absolute atomic E-state index is 12.3. The molecule has 7 nitrogen and oxygen atoms in total. The summed E-state index contributed by atoms with van der Waals surface area (Å²) < 4.78 is 6.79. The lowest BCUT2D eigenvalue weighted by Gasteiger charge is -2.09. The summed E-state index contributed by atoms with van der Waals surface area (Å²) in [6.45, 7) is 0. The van der Waals surface area contributed by atoms with Crippen LogP contribution in [0.15, 0.2) is 48.5 Å². The Morgan fingerprint density at radius 1 is 1.13 bits per heavy atom. The Balaban J connectivity index is 1.78. The Morgan fingerprint density at radius 3 is 2.52 bits per heavy atom. The van der Waals surface area contributed by atoms with Gasteiger partial charge in [-0.1, -0.05) is 12.1 Å². The largest absolute Gasteiger partial charge is 0.496 e. The van der Waals surface area contributed by atoms with Crippen LogP contribution in [0.4, 0.5) is 5.69 Å². The fourth-order valence-electron chi connectivity index (χ4n) is 2.21. The van der Waals surface area contributed by atoms with E-state index >= 15 is 0 Å². The number of nitrogens with one attached hydrogen (secondary N) is 1. The van der Waals surface area contributed by atoms with E-state index in [0.29, 0.717) is 22.8 Å². The van der Waals surface area contributed by atoms with Gasteiger partial charge < -0.3 is 10.1 Å². The van der Waals surface area contributed by atoms with Gasteiger partial charge in [0.2, 0.25) is 0 Å². The van der Waals surface area contributed by atoms with Crippen molar-refractivity contribution in [1.82, 2.24) is 20.2 Å². The lowest BCUT2D eigenvalue weighted by Crippen LogP contribution is -2.13. The predicted molar refractivity (Wildman–Crippen MR) is 85.2 cm³/mol. The summed E-state index contributed by atoms with van der Waals surface area (Å²) >= 11 is 0. The SMILES string of the molecule is COc1ccccc1C(=O)Nc1ccc(-c2nnnn2C)cc1. The molecule has 0 aliphatic heterocycles. The number of benzene rings is 2. The summed E-state index contributed by atoms with van der Waals surface area (Å²) in [6.07, 6.45) is 0. The number of aryl methyl sites for hydroxylation is 1. The third-order valence-electron chi connectivity index (χ3n) is 3.37. The minimum absolute atomic E-state index is 0.226. The number of hydrogen-bond acceptors (Lipinski definition) is 5. The molecule has 23 heavy (non-hydrogen) atoms. The zero-order valence-electron chi connectivity index (χ0n) is 12.7. The number of anilines is 1. The van der Waals surface area contributed by atoms with E-state index < -0.39 is 0 Å². The second-order valence-corrected chi connectivity index (χ2v) is 4.86. The molecule has 116 valence electrons. The van der Waals surface area contributed by atoms with Gasteiger partial charge >= 0.3 is 0 Å². The summed E-state index contributed by atoms with van der Waals surface area (Å²) in [5, 5.41) is 14.2. The zero-order chi connectivity index (χ0) is 16.2. The highest BCUT2D eigenvalue weighted by atomic mass is 16.5. The molecule has 0 radical (unpaired) electrons. The molecule has 0 saturated heterocycles. The molecule has 0 saturated carbocycles. The molecule has 3 rings (SSSR count). The molecule has 0 spiro atoms. The van der Waals surface area contributed by atoms with Gasteiger partial charge in [-0.25, -0.2) is 4.68 Å². The number of para-hydroxylation sites is 1. The highest BCUT2D eigenvalue weighted by Crippen LogP contribution is 2.21. The van der Waals surface area contributed by atoms with Crippen molar-refractivity contribution < 1.29 is 9.53 Å². The van der Waals surface area contributed by atoms with Gasteiger partial charge in [0, 0.05) is 18.3 Å². The lowest BCUT2D eigenvalue weighted by molar-refractivity contribution is 0.102. The van der Waals surface area contributed by atoms with Crippen molar-refractivity contribution in [3.63, 3.8) is 0 Å². The molecule has 1 N–H and O–H groups in total. The number of carbonyl (C=O) groups is 1. The Labute approximate surface area is 132 Å². The van der Waals surface area contributed by atoms with Crippen molar-refractivity contribution in [1.29, 1.82) is 0 Å². The molecule has 0 aliphatic rings. The third kappa shape index (κ3) is 3.03. The van der Waals surface area contributed by atoms with E-state index in [2.05, 4.69) is 20.8 Å². The normalized spacial score (nSPS) is 10.3. The van der Waals surface area contributed by atoms with Gasteiger partial charge in [0.1, 0.15) is 5.75 Å². The number of carbonyl (C=O) groups excluding carboxylic acids is 1. The molecule has 3 aromatic rings. The Kier molecular flexibility index (Phi) is 4.01. The highest BCUT2D eigenvalue weighted by molar-refractivity contribution is 6.06. The molecule has 1 amide bonds. The van der Waals surface area contributed by atoms with E-state index in [4.69, 9.17) is 4.74 Å².